The van der Waals surface area contributed by atoms with Crippen molar-refractivity contribution in [2.24, 2.45) is 11.1 Å². The number of allylic oxidation sites excluding steroid dienone is 4. The van der Waals surface area contributed by atoms with Gasteiger partial charge in [0.25, 0.3) is 0 Å². The molecule has 0 unspecified atom stereocenters. The second-order valence-corrected chi connectivity index (χ2v) is 5.40. The summed E-state index contributed by atoms with van der Waals surface area (Å²) in [4.78, 5) is 28.3. The zero-order valence-corrected chi connectivity index (χ0v) is 12.9. The average molecular weight is 319 g/mol. The molecule has 6 heteroatoms. The highest BCUT2D eigenvalue weighted by atomic mass is 19.2. The summed E-state index contributed by atoms with van der Waals surface area (Å²) < 4.78 is 26.6. The van der Waals surface area contributed by atoms with E-state index in [0.29, 0.717) is 16.9 Å². The summed E-state index contributed by atoms with van der Waals surface area (Å²) >= 11 is 0. The fourth-order valence-electron chi connectivity index (χ4n) is 2.04. The monoisotopic (exact) mass is 319 g/mol. The molecule has 0 atom stereocenters. The molecule has 0 heterocycles. The smallest absolute Gasteiger partial charge is 0.312 e. The fraction of sp³-hybridized carbons (Fsp3) is 0.235. The first-order valence-corrected chi connectivity index (χ1v) is 6.99. The first-order chi connectivity index (χ1) is 10.8. The van der Waals surface area contributed by atoms with Crippen LogP contribution in [-0.2, 0) is 9.63 Å². The standard InChI is InChI=1S/C17H15F2NO3/c1-9(2)12-8-14(10(3)7-15(12)21)20-23-17(22)11-5-4-6-13(18)16(11)19/h4-9H,1-3H3. The number of hydrogen-bond donors (Lipinski definition) is 0. The Morgan fingerprint density at radius 2 is 1.91 bits per heavy atom. The first kappa shape index (κ1) is 16.7. The molecule has 0 amide bonds. The van der Waals surface area contributed by atoms with E-state index in [0.717, 1.165) is 12.1 Å². The quantitative estimate of drug-likeness (QED) is 0.486. The van der Waals surface area contributed by atoms with Crippen molar-refractivity contribution < 1.29 is 23.2 Å². The number of oxime groups is 1. The summed E-state index contributed by atoms with van der Waals surface area (Å²) in [5, 5.41) is 3.66. The third-order valence-electron chi connectivity index (χ3n) is 3.35. The van der Waals surface area contributed by atoms with E-state index >= 15 is 0 Å². The molecule has 4 nitrogen and oxygen atoms in total. The molecule has 1 aromatic rings. The van der Waals surface area contributed by atoms with E-state index in [1.807, 2.05) is 13.8 Å². The Hall–Kier alpha value is -2.63. The summed E-state index contributed by atoms with van der Waals surface area (Å²) in [5.74, 6) is -3.69. The van der Waals surface area contributed by atoms with Crippen molar-refractivity contribution in [2.45, 2.75) is 20.8 Å². The van der Waals surface area contributed by atoms with Gasteiger partial charge in [0, 0.05) is 5.57 Å². The highest BCUT2D eigenvalue weighted by molar-refractivity contribution is 6.21. The number of carbonyl (C=O) groups excluding carboxylic acids is 2. The van der Waals surface area contributed by atoms with Crippen molar-refractivity contribution in [2.75, 3.05) is 0 Å². The molecule has 1 aliphatic carbocycles. The fourth-order valence-corrected chi connectivity index (χ4v) is 2.04. The van der Waals surface area contributed by atoms with Crippen LogP contribution in [-0.4, -0.2) is 17.5 Å². The zero-order valence-electron chi connectivity index (χ0n) is 12.9. The molecule has 0 aliphatic heterocycles. The van der Waals surface area contributed by atoms with Crippen molar-refractivity contribution in [3.05, 3.63) is 58.7 Å². The van der Waals surface area contributed by atoms with Crippen LogP contribution in [0.15, 0.2) is 46.7 Å². The van der Waals surface area contributed by atoms with Crippen molar-refractivity contribution in [1.29, 1.82) is 0 Å². The maximum atomic E-state index is 13.5. The van der Waals surface area contributed by atoms with Gasteiger partial charge in [-0.1, -0.05) is 25.1 Å². The van der Waals surface area contributed by atoms with Gasteiger partial charge in [-0.15, -0.1) is 0 Å². The van der Waals surface area contributed by atoms with Crippen LogP contribution in [0.5, 0.6) is 0 Å². The van der Waals surface area contributed by atoms with Crippen molar-refractivity contribution in [3.8, 4) is 0 Å². The average Bonchev–Trinajstić information content (AvgIpc) is 2.48. The van der Waals surface area contributed by atoms with Gasteiger partial charge < -0.3 is 4.84 Å². The van der Waals surface area contributed by atoms with Crippen molar-refractivity contribution in [1.82, 2.24) is 0 Å². The normalized spacial score (nSPS) is 16.4. The molecule has 0 saturated carbocycles. The van der Waals surface area contributed by atoms with Crippen LogP contribution in [0.4, 0.5) is 8.78 Å². The van der Waals surface area contributed by atoms with Gasteiger partial charge >= 0.3 is 5.97 Å². The maximum absolute atomic E-state index is 13.5. The Bertz CT molecular complexity index is 761. The molecule has 23 heavy (non-hydrogen) atoms. The molecule has 0 saturated heterocycles. The lowest BCUT2D eigenvalue weighted by Gasteiger charge is -2.14. The minimum Gasteiger partial charge on any atom is -0.312 e. The molecule has 2 rings (SSSR count). The van der Waals surface area contributed by atoms with Gasteiger partial charge in [0.15, 0.2) is 17.4 Å². The van der Waals surface area contributed by atoms with Gasteiger partial charge in [0.1, 0.15) is 11.3 Å². The minimum absolute atomic E-state index is 0.0200. The third kappa shape index (κ3) is 3.59. The number of carbonyl (C=O) groups is 2. The highest BCUT2D eigenvalue weighted by Crippen LogP contribution is 2.20. The molecule has 0 spiro atoms. The van der Waals surface area contributed by atoms with E-state index in [1.54, 1.807) is 6.92 Å². The predicted molar refractivity (Wildman–Crippen MR) is 80.9 cm³/mol. The maximum Gasteiger partial charge on any atom is 0.368 e. The largest absolute Gasteiger partial charge is 0.368 e. The van der Waals surface area contributed by atoms with Gasteiger partial charge in [-0.25, -0.2) is 13.6 Å². The summed E-state index contributed by atoms with van der Waals surface area (Å²) in [7, 11) is 0. The van der Waals surface area contributed by atoms with E-state index in [1.165, 1.54) is 18.2 Å². The number of rotatable bonds is 3. The van der Waals surface area contributed by atoms with E-state index in [9.17, 15) is 18.4 Å². The minimum atomic E-state index is -1.29. The predicted octanol–water partition coefficient (Wildman–Crippen LogP) is 3.59. The van der Waals surface area contributed by atoms with Gasteiger partial charge in [0.2, 0.25) is 0 Å². The summed E-state index contributed by atoms with van der Waals surface area (Å²) in [6, 6.07) is 3.20. The van der Waals surface area contributed by atoms with Crippen LogP contribution < -0.4 is 0 Å². The Kier molecular flexibility index (Phi) is 4.83. The van der Waals surface area contributed by atoms with Crippen LogP contribution in [0.2, 0.25) is 0 Å². The van der Waals surface area contributed by atoms with Crippen LogP contribution in [0.1, 0.15) is 31.1 Å². The van der Waals surface area contributed by atoms with Crippen molar-refractivity contribution >= 4 is 17.5 Å². The van der Waals surface area contributed by atoms with Crippen LogP contribution in [0, 0.1) is 17.6 Å². The molecular formula is C17H15F2NO3. The Morgan fingerprint density at radius 3 is 2.57 bits per heavy atom. The molecule has 120 valence electrons. The lowest BCUT2D eigenvalue weighted by Crippen LogP contribution is -2.16. The first-order valence-electron chi connectivity index (χ1n) is 6.99. The number of hydrogen-bond acceptors (Lipinski definition) is 4. The molecule has 1 aromatic carbocycles. The Labute approximate surface area is 132 Å². The second-order valence-electron chi connectivity index (χ2n) is 5.40. The molecule has 0 bridgehead atoms. The van der Waals surface area contributed by atoms with Gasteiger partial charge in [-0.2, -0.15) is 0 Å². The summed E-state index contributed by atoms with van der Waals surface area (Å²) in [6.45, 7) is 5.34. The van der Waals surface area contributed by atoms with Gasteiger partial charge in [0.05, 0.1) is 0 Å². The molecule has 0 fully saturated rings. The van der Waals surface area contributed by atoms with Gasteiger partial charge in [-0.05, 0) is 42.7 Å². The van der Waals surface area contributed by atoms with E-state index < -0.39 is 23.2 Å². The van der Waals surface area contributed by atoms with Crippen LogP contribution in [0.25, 0.3) is 0 Å². The SMILES string of the molecule is CC1=CC(=O)C(C(C)C)=CC1=NOC(=O)c1cccc(F)c1F. The summed E-state index contributed by atoms with van der Waals surface area (Å²) in [6.07, 6.45) is 2.92. The third-order valence-corrected chi connectivity index (χ3v) is 3.35. The topological polar surface area (TPSA) is 55.7 Å². The van der Waals surface area contributed by atoms with Crippen LogP contribution in [0.3, 0.4) is 0 Å². The number of benzene rings is 1. The zero-order chi connectivity index (χ0) is 17.1. The molecular weight excluding hydrogens is 304 g/mol. The molecule has 0 radical (unpaired) electrons. The Morgan fingerprint density at radius 1 is 1.22 bits per heavy atom. The van der Waals surface area contributed by atoms with Crippen molar-refractivity contribution in [3.63, 3.8) is 0 Å². The number of nitrogens with zero attached hydrogens (tertiary/aromatic N) is 1. The lowest BCUT2D eigenvalue weighted by atomic mass is 9.90. The summed E-state index contributed by atoms with van der Waals surface area (Å²) in [5.41, 5.74) is 0.795. The molecule has 0 N–H and O–H groups in total. The van der Waals surface area contributed by atoms with E-state index in [4.69, 9.17) is 0 Å². The molecule has 1 aliphatic rings. The second kappa shape index (κ2) is 6.64. The van der Waals surface area contributed by atoms with Gasteiger partial charge in [-0.3, -0.25) is 4.79 Å². The number of halogens is 2. The van der Waals surface area contributed by atoms with E-state index in [-0.39, 0.29) is 11.7 Å². The molecule has 0 aromatic heterocycles. The highest BCUT2D eigenvalue weighted by Gasteiger charge is 2.21. The van der Waals surface area contributed by atoms with Crippen LogP contribution >= 0.6 is 0 Å². The number of ketones is 1. The lowest BCUT2D eigenvalue weighted by molar-refractivity contribution is -0.111. The van der Waals surface area contributed by atoms with E-state index in [2.05, 4.69) is 9.99 Å². The Balaban J connectivity index is 2.25.